The van der Waals surface area contributed by atoms with Crippen LogP contribution in [0.2, 0.25) is 0 Å². The number of anilines is 1. The standard InChI is InChI=1S/C28H51N6O8P.C19H31N4O3P.C18H29N4O3P/c1-43(2,3)19-6-22-24(35)25(36)28(42-22)34-21-33-23-26(31-20-32-27(23)34)30-8-5-10-38-12-14-40-16-18-41-17-15-39-13-11-37-9-4-7-29;1-5-6-7-8-13-15-18(21-11-20-13)23(12-22-15)19-17(25)16(24)14(26-19)9-10-27(2,3)4;1-5-6-7-12-14-17(20-10-19-12)22(11-21-14)18-16(24)15(23)13(25-18)8-9-26(2,3)4/h20-22,24-25,28,35-36H,1,4-19,29H2,2-3H3,(H,30,31,32);11-12,14,16-17,19,24-25H,2,5-10H2,1,3-4H3;10-11,13,15-16,18,23-24H,2,5-9H2,1,3-4H3/t22-,24-,25-,28-;14-,16-,17-,19-;13-,15-,16-,18-/m111/s1. The lowest BCUT2D eigenvalue weighted by Crippen LogP contribution is -2.31. The summed E-state index contributed by atoms with van der Waals surface area (Å²) in [5.41, 5.74) is 11.1. The van der Waals surface area contributed by atoms with Gasteiger partial charge in [0.05, 0.1) is 102 Å². The molecule has 0 bridgehead atoms. The Labute approximate surface area is 566 Å². The highest BCUT2D eigenvalue weighted by Gasteiger charge is 2.47. The third kappa shape index (κ3) is 23.7. The number of hydrogen-bond acceptors (Lipinski definition) is 25. The molecule has 540 valence electrons. The van der Waals surface area contributed by atoms with E-state index < -0.39 is 94.3 Å². The Kier molecular flexibility index (Phi) is 32.2. The largest absolute Gasteiger partial charge is 0.388 e. The fraction of sp³-hybridized carbons (Fsp3) is 0.723. The van der Waals surface area contributed by atoms with Crippen LogP contribution in [0.4, 0.5) is 5.82 Å². The van der Waals surface area contributed by atoms with Crippen LogP contribution in [0.1, 0.15) is 108 Å². The lowest BCUT2D eigenvalue weighted by Gasteiger charge is -2.18. The molecule has 12 atom stereocenters. The maximum absolute atomic E-state index is 10.7. The molecule has 0 aliphatic carbocycles. The number of ether oxygens (including phenoxy) is 8. The van der Waals surface area contributed by atoms with Crippen LogP contribution in [0.15, 0.2) is 38.0 Å². The maximum Gasteiger partial charge on any atom is 0.167 e. The minimum Gasteiger partial charge on any atom is -0.388 e. The van der Waals surface area contributed by atoms with Crippen LogP contribution < -0.4 is 11.1 Å². The van der Waals surface area contributed by atoms with Gasteiger partial charge < -0.3 is 79.6 Å². The topological polar surface area (TPSA) is 364 Å². The summed E-state index contributed by atoms with van der Waals surface area (Å²) in [4.78, 5) is 39.5. The van der Waals surface area contributed by atoms with E-state index >= 15 is 0 Å². The molecule has 9 rings (SSSR count). The number of nitrogens with zero attached hydrogens (tertiary/aromatic N) is 12. The molecule has 3 aliphatic rings. The van der Waals surface area contributed by atoms with Gasteiger partial charge in [0.15, 0.2) is 47.0 Å². The highest BCUT2D eigenvalue weighted by atomic mass is 31.2. The molecule has 0 saturated carbocycles. The molecular formula is C65H111N14O14P3. The van der Waals surface area contributed by atoms with Gasteiger partial charge in [0.25, 0.3) is 0 Å². The number of nitrogens with two attached hydrogens (primary N) is 1. The summed E-state index contributed by atoms with van der Waals surface area (Å²) < 4.78 is 50.6. The summed E-state index contributed by atoms with van der Waals surface area (Å²) >= 11 is 0. The van der Waals surface area contributed by atoms with Gasteiger partial charge in [-0.3, -0.25) is 13.7 Å². The zero-order chi connectivity index (χ0) is 69.4. The van der Waals surface area contributed by atoms with Crippen molar-refractivity contribution >= 4 is 78.9 Å². The molecular weight excluding hydrogens is 1290 g/mol. The number of aliphatic hydroxyl groups is 6. The van der Waals surface area contributed by atoms with Crippen molar-refractivity contribution in [2.45, 2.75) is 165 Å². The van der Waals surface area contributed by atoms with Crippen molar-refractivity contribution in [1.29, 1.82) is 0 Å². The maximum atomic E-state index is 10.7. The second-order valence-corrected chi connectivity index (χ2v) is 39.8. The Morgan fingerprint density at radius 1 is 0.438 bits per heavy atom. The molecule has 0 aromatic carbocycles. The van der Waals surface area contributed by atoms with E-state index in [0.29, 0.717) is 127 Å². The number of unbranched alkanes of at least 4 members (excludes halogenated alkanes) is 3. The number of fused-ring (bicyclic) bond motifs is 3. The van der Waals surface area contributed by atoms with Crippen LogP contribution in [0.25, 0.3) is 33.5 Å². The summed E-state index contributed by atoms with van der Waals surface area (Å²) in [6, 6.07) is 0. The van der Waals surface area contributed by atoms with E-state index in [-0.39, 0.29) is 0 Å². The van der Waals surface area contributed by atoms with Gasteiger partial charge in [-0.1, -0.05) is 33.1 Å². The van der Waals surface area contributed by atoms with Crippen molar-refractivity contribution in [2.24, 2.45) is 5.73 Å². The number of nitrogens with one attached hydrogen (secondary N) is 1. The molecule has 3 saturated heterocycles. The van der Waals surface area contributed by atoms with E-state index in [1.165, 1.54) is 19.0 Å². The van der Waals surface area contributed by atoms with Crippen molar-refractivity contribution < 1.29 is 68.5 Å². The van der Waals surface area contributed by atoms with Crippen molar-refractivity contribution in [3.8, 4) is 0 Å². The van der Waals surface area contributed by atoms with Crippen molar-refractivity contribution in [1.82, 2.24) is 58.6 Å². The van der Waals surface area contributed by atoms with Crippen molar-refractivity contribution in [3.05, 3.63) is 49.4 Å². The van der Waals surface area contributed by atoms with E-state index in [0.717, 1.165) is 98.7 Å². The summed E-state index contributed by atoms with van der Waals surface area (Å²) in [6.45, 7) is 20.2. The third-order valence-corrected chi connectivity index (χ3v) is 21.0. The van der Waals surface area contributed by atoms with Gasteiger partial charge in [-0.25, -0.2) is 44.9 Å². The first-order valence-corrected chi connectivity index (χ1v) is 43.0. The molecule has 3 fully saturated rings. The van der Waals surface area contributed by atoms with Gasteiger partial charge in [-0.05, 0) is 123 Å². The van der Waals surface area contributed by atoms with Crippen LogP contribution >= 0.6 is 20.7 Å². The Morgan fingerprint density at radius 2 is 0.781 bits per heavy atom. The van der Waals surface area contributed by atoms with Crippen molar-refractivity contribution in [2.75, 3.05) is 143 Å². The molecule has 9 N–H and O–H groups in total. The van der Waals surface area contributed by atoms with Gasteiger partial charge in [-0.15, -0.1) is 39.6 Å². The van der Waals surface area contributed by atoms with E-state index in [2.05, 4.69) is 123 Å². The first-order valence-electron chi connectivity index (χ1n) is 33.8. The van der Waals surface area contributed by atoms with Gasteiger partial charge in [0, 0.05) is 19.8 Å². The zero-order valence-corrected chi connectivity index (χ0v) is 60.5. The molecule has 0 amide bonds. The van der Waals surface area contributed by atoms with E-state index in [1.807, 2.05) is 0 Å². The zero-order valence-electron chi connectivity index (χ0n) is 57.8. The monoisotopic (exact) mass is 1400 g/mol. The fourth-order valence-corrected chi connectivity index (χ4v) is 14.0. The predicted octanol–water partition coefficient (Wildman–Crippen LogP) is 4.94. The summed E-state index contributed by atoms with van der Waals surface area (Å²) in [5, 5.41) is 66.5. The first-order chi connectivity index (χ1) is 45.9. The first kappa shape index (κ1) is 79.1. The Balaban J connectivity index is 0.000000213. The normalized spacial score (nSPS) is 23.9. The molecule has 0 unspecified atom stereocenters. The molecule has 3 aliphatic heterocycles. The fourth-order valence-electron chi connectivity index (χ4n) is 11.2. The molecule has 0 radical (unpaired) electrons. The van der Waals surface area contributed by atoms with Crippen LogP contribution in [-0.4, -0.2) is 301 Å². The summed E-state index contributed by atoms with van der Waals surface area (Å²) in [6.07, 6.45) is 26.0. The minimum absolute atomic E-state index is 0.408. The molecule has 6 aromatic rings. The molecule has 0 spiro atoms. The van der Waals surface area contributed by atoms with Crippen LogP contribution in [0.3, 0.4) is 0 Å². The average Bonchev–Trinajstić information content (AvgIpc) is 1.64. The molecule has 9 heterocycles. The van der Waals surface area contributed by atoms with E-state index in [1.54, 1.807) is 32.7 Å². The molecule has 96 heavy (non-hydrogen) atoms. The van der Waals surface area contributed by atoms with Crippen LogP contribution in [0.5, 0.6) is 0 Å². The smallest absolute Gasteiger partial charge is 0.167 e. The Bertz CT molecular complexity index is 3400. The average molecular weight is 1410 g/mol. The number of imidazole rings is 3. The van der Waals surface area contributed by atoms with Gasteiger partial charge in [-0.2, -0.15) is 0 Å². The number of hydrogen-bond donors (Lipinski definition) is 8. The molecule has 31 heteroatoms. The van der Waals surface area contributed by atoms with Gasteiger partial charge in [0.2, 0.25) is 0 Å². The second kappa shape index (κ2) is 39.1. The highest BCUT2D eigenvalue weighted by Crippen LogP contribution is 2.43. The SMILES string of the molecule is C=P(C)(C)CC[C@H]1O[C@@H](n2cnc3c(CCCC)ncnc32)[C@H](O)[C@@H]1O.C=P(C)(C)CC[C@H]1O[C@@H](n2cnc3c(CCCCC)ncnc32)[C@H](O)[C@@H]1O.C=P(C)(C)CC[C@H]1O[C@@H](n2cnc3c(NCCCOCCOCCOCCOCCOCCCN)ncnc32)[C@H](O)[C@@H]1O. The summed E-state index contributed by atoms with van der Waals surface area (Å²) in [7, 11) is 0. The quantitative estimate of drug-likeness (QED) is 0.0187. The Hall–Kier alpha value is -4.25. The number of rotatable bonds is 39. The highest BCUT2D eigenvalue weighted by molar-refractivity contribution is 7.72. The van der Waals surface area contributed by atoms with E-state index in [4.69, 9.17) is 43.6 Å². The lowest BCUT2D eigenvalue weighted by molar-refractivity contribution is -0.0353. The number of aliphatic hydroxyl groups excluding tert-OH is 6. The van der Waals surface area contributed by atoms with Crippen molar-refractivity contribution in [3.63, 3.8) is 0 Å². The van der Waals surface area contributed by atoms with Gasteiger partial charge >= 0.3 is 0 Å². The third-order valence-electron chi connectivity index (χ3n) is 16.6. The minimum atomic E-state index is -1.27. The Morgan fingerprint density at radius 3 is 1.16 bits per heavy atom. The summed E-state index contributed by atoms with van der Waals surface area (Å²) in [5.74, 6) is 0.585. The molecule has 6 aromatic heterocycles. The van der Waals surface area contributed by atoms with Crippen LogP contribution in [-0.2, 0) is 50.7 Å². The van der Waals surface area contributed by atoms with Crippen LogP contribution in [0, 0.1) is 0 Å². The predicted molar refractivity (Wildman–Crippen MR) is 383 cm³/mol. The number of aromatic nitrogens is 12. The molecule has 28 nitrogen and oxygen atoms in total. The van der Waals surface area contributed by atoms with Gasteiger partial charge in [0.1, 0.15) is 66.6 Å². The second-order valence-electron chi connectivity index (χ2n) is 26.9. The number of aryl methyl sites for hydroxylation is 2. The lowest BCUT2D eigenvalue weighted by atomic mass is 10.1. The van der Waals surface area contributed by atoms with E-state index in [9.17, 15) is 30.6 Å².